The van der Waals surface area contributed by atoms with Crippen LogP contribution >= 0.6 is 11.8 Å². The number of rotatable bonds is 5. The second kappa shape index (κ2) is 13.9. The van der Waals surface area contributed by atoms with Crippen LogP contribution in [0.4, 0.5) is 0 Å². The number of amidine groups is 1. The van der Waals surface area contributed by atoms with Crippen LogP contribution < -0.4 is 5.32 Å². The second-order valence-electron chi connectivity index (χ2n) is 15.3. The Labute approximate surface area is 343 Å². The van der Waals surface area contributed by atoms with Gasteiger partial charge < -0.3 is 5.32 Å². The molecule has 0 radical (unpaired) electrons. The molecule has 2 aliphatic carbocycles. The molecule has 1 N–H and O–H groups in total. The summed E-state index contributed by atoms with van der Waals surface area (Å²) in [6.45, 7) is 0. The van der Waals surface area contributed by atoms with E-state index in [4.69, 9.17) is 4.99 Å². The fourth-order valence-corrected chi connectivity index (χ4v) is 10.5. The summed E-state index contributed by atoms with van der Waals surface area (Å²) in [6.07, 6.45) is 11.0. The Bertz CT molecular complexity index is 2950. The van der Waals surface area contributed by atoms with Gasteiger partial charge in [0.1, 0.15) is 5.84 Å². The fourth-order valence-electron chi connectivity index (χ4n) is 9.33. The highest BCUT2D eigenvalue weighted by Crippen LogP contribution is 2.62. The summed E-state index contributed by atoms with van der Waals surface area (Å²) < 4.78 is 0. The molecule has 0 fully saturated rings. The van der Waals surface area contributed by atoms with Crippen LogP contribution in [0.5, 0.6) is 0 Å². The third kappa shape index (κ3) is 5.54. The number of aliphatic imine (C=N–C) groups is 1. The summed E-state index contributed by atoms with van der Waals surface area (Å²) in [5, 5.41) is 13.2. The van der Waals surface area contributed by atoms with Crippen LogP contribution in [0.15, 0.2) is 214 Å². The molecule has 4 heteroatoms. The first-order chi connectivity index (χ1) is 28.7. The zero-order valence-electron chi connectivity index (χ0n) is 31.7. The molecule has 274 valence electrons. The van der Waals surface area contributed by atoms with E-state index in [1.165, 1.54) is 59.9 Å². The quantitative estimate of drug-likeness (QED) is 0.190. The number of benzene rings is 7. The molecule has 0 aromatic heterocycles. The Morgan fingerprint density at radius 2 is 1.26 bits per heavy atom. The zero-order valence-corrected chi connectivity index (χ0v) is 32.5. The van der Waals surface area contributed by atoms with Crippen molar-refractivity contribution in [3.63, 3.8) is 0 Å². The molecule has 58 heavy (non-hydrogen) atoms. The molecule has 0 bridgehead atoms. The van der Waals surface area contributed by atoms with Crippen LogP contribution in [0.2, 0.25) is 0 Å². The standard InChI is InChI=1S/C54H37N3S/c55-34-35-19-21-36(22-20-35)41-27-29-44-43-15-7-8-16-45(43)54(47(44)31-41)46-17-9-10-18-51(46)58-52-30-28-42(32-48(52)54)37-23-25-39(26-24-37)50-33-49(38-11-3-1-4-12-38)56-53(57-50)40-13-5-2-6-14-40/h1-3,5-11,13-33,50H,4,12H2,(H,56,57). The Kier molecular flexibility index (Phi) is 8.24. The predicted molar refractivity (Wildman–Crippen MR) is 237 cm³/mol. The van der Waals surface area contributed by atoms with Crippen LogP contribution in [0.25, 0.3) is 33.4 Å². The highest BCUT2D eigenvalue weighted by atomic mass is 32.2. The van der Waals surface area contributed by atoms with Gasteiger partial charge in [-0.25, -0.2) is 0 Å². The van der Waals surface area contributed by atoms with Gasteiger partial charge >= 0.3 is 0 Å². The monoisotopic (exact) mass is 759 g/mol. The van der Waals surface area contributed by atoms with E-state index in [-0.39, 0.29) is 6.04 Å². The van der Waals surface area contributed by atoms with Crippen LogP contribution in [-0.2, 0) is 5.41 Å². The minimum atomic E-state index is -0.510. The first kappa shape index (κ1) is 34.3. The maximum atomic E-state index is 9.49. The summed E-state index contributed by atoms with van der Waals surface area (Å²) >= 11 is 1.87. The van der Waals surface area contributed by atoms with E-state index < -0.39 is 5.41 Å². The molecule has 0 saturated carbocycles. The second-order valence-corrected chi connectivity index (χ2v) is 16.4. The molecular formula is C54H37N3S. The van der Waals surface area contributed by atoms with Crippen LogP contribution in [0, 0.1) is 11.3 Å². The molecule has 0 amide bonds. The third-order valence-corrected chi connectivity index (χ3v) is 13.3. The van der Waals surface area contributed by atoms with Gasteiger partial charge in [0, 0.05) is 21.1 Å². The molecular weight excluding hydrogens is 723 g/mol. The molecule has 2 aliphatic heterocycles. The van der Waals surface area contributed by atoms with Gasteiger partial charge in [0.05, 0.1) is 23.1 Å². The maximum absolute atomic E-state index is 9.49. The molecule has 0 saturated heterocycles. The third-order valence-electron chi connectivity index (χ3n) is 12.1. The summed E-state index contributed by atoms with van der Waals surface area (Å²) in [4.78, 5) is 7.80. The maximum Gasteiger partial charge on any atom is 0.133 e. The number of nitrogens with zero attached hydrogens (tertiary/aromatic N) is 2. The average molecular weight is 760 g/mol. The van der Waals surface area contributed by atoms with E-state index in [0.29, 0.717) is 5.56 Å². The summed E-state index contributed by atoms with van der Waals surface area (Å²) in [6, 6.07) is 61.5. The largest absolute Gasteiger partial charge is 0.340 e. The number of hydrogen-bond acceptors (Lipinski definition) is 4. The Morgan fingerprint density at radius 1 is 0.603 bits per heavy atom. The van der Waals surface area contributed by atoms with Crippen LogP contribution in [0.1, 0.15) is 57.8 Å². The Balaban J connectivity index is 1.04. The molecule has 3 nitrogen and oxygen atoms in total. The number of nitriles is 1. The smallest absolute Gasteiger partial charge is 0.133 e. The molecule has 2 heterocycles. The van der Waals surface area contributed by atoms with Gasteiger partial charge in [-0.2, -0.15) is 5.26 Å². The van der Waals surface area contributed by atoms with Gasteiger partial charge in [0.25, 0.3) is 0 Å². The molecule has 2 atom stereocenters. The first-order valence-electron chi connectivity index (χ1n) is 19.9. The van der Waals surface area contributed by atoms with E-state index >= 15 is 0 Å². The van der Waals surface area contributed by atoms with Crippen molar-refractivity contribution >= 4 is 17.6 Å². The van der Waals surface area contributed by atoms with Gasteiger partial charge in [-0.15, -0.1) is 0 Å². The lowest BCUT2D eigenvalue weighted by atomic mass is 9.66. The first-order valence-corrected chi connectivity index (χ1v) is 20.7. The topological polar surface area (TPSA) is 48.2 Å². The van der Waals surface area contributed by atoms with Gasteiger partial charge in [-0.3, -0.25) is 4.99 Å². The molecule has 7 aromatic carbocycles. The van der Waals surface area contributed by atoms with Crippen molar-refractivity contribution in [3.05, 3.63) is 238 Å². The number of fused-ring (bicyclic) bond motifs is 9. The Hall–Kier alpha value is -6.93. The molecule has 2 unspecified atom stereocenters. The minimum absolute atomic E-state index is 0.108. The van der Waals surface area contributed by atoms with Crippen molar-refractivity contribution in [2.45, 2.75) is 34.1 Å². The summed E-state index contributed by atoms with van der Waals surface area (Å²) in [7, 11) is 0. The lowest BCUT2D eigenvalue weighted by molar-refractivity contribution is 0.723. The number of allylic oxidation sites excluding steroid dienone is 4. The fraction of sp³-hybridized carbons (Fsp3) is 0.0741. The van der Waals surface area contributed by atoms with Gasteiger partial charge in [0.2, 0.25) is 0 Å². The number of hydrogen-bond donors (Lipinski definition) is 1. The molecule has 7 aromatic rings. The predicted octanol–water partition coefficient (Wildman–Crippen LogP) is 13.0. The van der Waals surface area contributed by atoms with Crippen molar-refractivity contribution in [2.24, 2.45) is 4.99 Å². The normalized spacial score (nSPS) is 18.4. The van der Waals surface area contributed by atoms with Crippen molar-refractivity contribution in [2.75, 3.05) is 0 Å². The zero-order chi connectivity index (χ0) is 38.6. The highest BCUT2D eigenvalue weighted by molar-refractivity contribution is 7.99. The summed E-state index contributed by atoms with van der Waals surface area (Å²) in [5.41, 5.74) is 17.2. The lowest BCUT2D eigenvalue weighted by Gasteiger charge is -2.40. The summed E-state index contributed by atoms with van der Waals surface area (Å²) in [5.74, 6) is 0.903. The average Bonchev–Trinajstić information content (AvgIpc) is 3.59. The van der Waals surface area contributed by atoms with Crippen LogP contribution in [-0.4, -0.2) is 5.84 Å². The van der Waals surface area contributed by atoms with Crippen molar-refractivity contribution < 1.29 is 0 Å². The highest BCUT2D eigenvalue weighted by Gasteiger charge is 2.50. The lowest BCUT2D eigenvalue weighted by Crippen LogP contribution is -2.32. The van der Waals surface area contributed by atoms with E-state index in [1.807, 2.05) is 30.0 Å². The van der Waals surface area contributed by atoms with Gasteiger partial charge in [-0.1, -0.05) is 157 Å². The van der Waals surface area contributed by atoms with Gasteiger partial charge in [0.15, 0.2) is 0 Å². The Morgan fingerprint density at radius 3 is 2.03 bits per heavy atom. The van der Waals surface area contributed by atoms with Crippen molar-refractivity contribution in [3.8, 4) is 39.4 Å². The van der Waals surface area contributed by atoms with Crippen molar-refractivity contribution in [1.29, 1.82) is 5.26 Å². The van der Waals surface area contributed by atoms with E-state index in [0.717, 1.165) is 46.6 Å². The van der Waals surface area contributed by atoms with E-state index in [2.05, 4.69) is 181 Å². The van der Waals surface area contributed by atoms with Gasteiger partial charge in [-0.05, 0) is 122 Å². The van der Waals surface area contributed by atoms with E-state index in [1.54, 1.807) is 0 Å². The van der Waals surface area contributed by atoms with Crippen molar-refractivity contribution in [1.82, 2.24) is 5.32 Å². The van der Waals surface area contributed by atoms with Crippen LogP contribution in [0.3, 0.4) is 0 Å². The molecule has 4 aliphatic rings. The number of nitrogens with one attached hydrogen (secondary N) is 1. The molecule has 11 rings (SSSR count). The SMILES string of the molecule is N#Cc1ccc(-c2ccc3c(c2)C2(c4ccccc4Sc4ccc(-c5ccc(C6C=C(C7=CC=CCC7)NC(c7ccccc7)=N6)cc5)cc42)c2ccccc2-3)cc1. The minimum Gasteiger partial charge on any atom is -0.340 e. The van der Waals surface area contributed by atoms with E-state index in [9.17, 15) is 5.26 Å². The molecule has 1 spiro atoms.